The van der Waals surface area contributed by atoms with Crippen LogP contribution in [0.15, 0.2) is 21.3 Å². The molecule has 0 spiro atoms. The lowest BCUT2D eigenvalue weighted by molar-refractivity contribution is 1.21. The highest BCUT2D eigenvalue weighted by Crippen LogP contribution is 2.42. The fraction of sp³-hybridized carbons (Fsp3) is 0.111. The van der Waals surface area contributed by atoms with E-state index in [1.165, 1.54) is 16.9 Å². The van der Waals surface area contributed by atoms with Crippen molar-refractivity contribution in [2.24, 2.45) is 0 Å². The van der Waals surface area contributed by atoms with Crippen LogP contribution in [0.1, 0.15) is 16.0 Å². The second-order valence-electron chi connectivity index (χ2n) is 2.83. The van der Waals surface area contributed by atoms with Crippen LogP contribution in [-0.2, 0) is 0 Å². The standard InChI is InChI=1S/C9H4Br2Cl2S2/c10-6-1-4(3-14-6)8(11)5-2-7(12)15-9(5)13/h1-3,8H. The average Bonchev–Trinajstić information content (AvgIpc) is 2.71. The van der Waals surface area contributed by atoms with E-state index in [9.17, 15) is 0 Å². The maximum Gasteiger partial charge on any atom is 0.0990 e. The first kappa shape index (κ1) is 12.4. The van der Waals surface area contributed by atoms with Gasteiger partial charge in [0.05, 0.1) is 17.3 Å². The Morgan fingerprint density at radius 3 is 2.47 bits per heavy atom. The molecule has 0 fully saturated rings. The first-order valence-electron chi connectivity index (χ1n) is 3.90. The molecule has 6 heteroatoms. The molecule has 80 valence electrons. The number of hydrogen-bond donors (Lipinski definition) is 0. The van der Waals surface area contributed by atoms with Gasteiger partial charge in [0, 0.05) is 5.56 Å². The van der Waals surface area contributed by atoms with Crippen molar-refractivity contribution < 1.29 is 0 Å². The molecule has 0 bridgehead atoms. The smallest absolute Gasteiger partial charge is 0.0990 e. The Bertz CT molecular complexity index is 478. The zero-order valence-electron chi connectivity index (χ0n) is 7.14. The van der Waals surface area contributed by atoms with Crippen LogP contribution in [0.5, 0.6) is 0 Å². The minimum Gasteiger partial charge on any atom is -0.136 e. The molecule has 0 aliphatic carbocycles. The highest BCUT2D eigenvalue weighted by atomic mass is 79.9. The van der Waals surface area contributed by atoms with E-state index in [4.69, 9.17) is 23.2 Å². The lowest BCUT2D eigenvalue weighted by Gasteiger charge is -2.05. The van der Waals surface area contributed by atoms with Crippen LogP contribution in [0.25, 0.3) is 0 Å². The van der Waals surface area contributed by atoms with Gasteiger partial charge in [0.25, 0.3) is 0 Å². The third-order valence-corrected chi connectivity index (χ3v) is 5.90. The Kier molecular flexibility index (Phi) is 4.19. The molecule has 2 aromatic rings. The summed E-state index contributed by atoms with van der Waals surface area (Å²) < 4.78 is 2.57. The van der Waals surface area contributed by atoms with Crippen LogP contribution < -0.4 is 0 Å². The van der Waals surface area contributed by atoms with Crippen LogP contribution >= 0.6 is 77.7 Å². The van der Waals surface area contributed by atoms with Crippen LogP contribution in [0.3, 0.4) is 0 Å². The van der Waals surface area contributed by atoms with Crippen LogP contribution in [0.2, 0.25) is 8.67 Å². The summed E-state index contributed by atoms with van der Waals surface area (Å²) in [6, 6.07) is 3.98. The molecule has 15 heavy (non-hydrogen) atoms. The van der Waals surface area contributed by atoms with Crippen molar-refractivity contribution in [2.75, 3.05) is 0 Å². The Balaban J connectivity index is 2.35. The predicted molar refractivity (Wildman–Crippen MR) is 77.1 cm³/mol. The van der Waals surface area contributed by atoms with Crippen molar-refractivity contribution in [3.05, 3.63) is 41.1 Å². The molecular formula is C9H4Br2Cl2S2. The lowest BCUT2D eigenvalue weighted by Crippen LogP contribution is -1.87. The summed E-state index contributed by atoms with van der Waals surface area (Å²) in [6.45, 7) is 0. The van der Waals surface area contributed by atoms with Crippen molar-refractivity contribution in [3.63, 3.8) is 0 Å². The van der Waals surface area contributed by atoms with Gasteiger partial charge in [-0.1, -0.05) is 39.1 Å². The molecule has 0 radical (unpaired) electrons. The van der Waals surface area contributed by atoms with Crippen LogP contribution in [-0.4, -0.2) is 0 Å². The van der Waals surface area contributed by atoms with Crippen molar-refractivity contribution >= 4 is 77.7 Å². The molecule has 2 rings (SSSR count). The summed E-state index contributed by atoms with van der Waals surface area (Å²) in [5.41, 5.74) is 2.21. The Morgan fingerprint density at radius 1 is 1.27 bits per heavy atom. The third kappa shape index (κ3) is 2.79. The number of halogens is 4. The Morgan fingerprint density at radius 2 is 2.00 bits per heavy atom. The minimum atomic E-state index is 0.108. The molecule has 0 saturated carbocycles. The van der Waals surface area contributed by atoms with E-state index in [1.807, 2.05) is 6.07 Å². The van der Waals surface area contributed by atoms with Gasteiger partial charge in [-0.25, -0.2) is 0 Å². The SMILES string of the molecule is Clc1cc(C(Br)c2csc(Br)c2)c(Cl)s1. The van der Waals surface area contributed by atoms with Gasteiger partial charge in [0.15, 0.2) is 0 Å². The van der Waals surface area contributed by atoms with Crippen molar-refractivity contribution in [3.8, 4) is 0 Å². The monoisotopic (exact) mass is 404 g/mol. The zero-order valence-corrected chi connectivity index (χ0v) is 13.5. The summed E-state index contributed by atoms with van der Waals surface area (Å²) in [4.78, 5) is 0.108. The predicted octanol–water partition coefficient (Wildman–Crippen LogP) is 6.36. The fourth-order valence-electron chi connectivity index (χ4n) is 1.16. The summed E-state index contributed by atoms with van der Waals surface area (Å²) >= 11 is 22.1. The van der Waals surface area contributed by atoms with E-state index in [1.54, 1.807) is 11.3 Å². The quantitative estimate of drug-likeness (QED) is 0.509. The first-order valence-corrected chi connectivity index (χ1v) is 8.06. The second-order valence-corrected chi connectivity index (χ2v) is 8.32. The molecule has 0 aliphatic heterocycles. The highest BCUT2D eigenvalue weighted by Gasteiger charge is 2.17. The van der Waals surface area contributed by atoms with E-state index in [-0.39, 0.29) is 4.83 Å². The number of alkyl halides is 1. The largest absolute Gasteiger partial charge is 0.136 e. The van der Waals surface area contributed by atoms with Gasteiger partial charge in [0.2, 0.25) is 0 Å². The highest BCUT2D eigenvalue weighted by molar-refractivity contribution is 9.11. The van der Waals surface area contributed by atoms with Gasteiger partial charge in [-0.3, -0.25) is 0 Å². The second kappa shape index (κ2) is 5.07. The van der Waals surface area contributed by atoms with Gasteiger partial charge >= 0.3 is 0 Å². The molecule has 0 amide bonds. The summed E-state index contributed by atoms with van der Waals surface area (Å²) in [7, 11) is 0. The molecule has 1 atom stereocenters. The van der Waals surface area contributed by atoms with Crippen LogP contribution in [0.4, 0.5) is 0 Å². The fourth-order valence-corrected chi connectivity index (χ4v) is 4.98. The summed E-state index contributed by atoms with van der Waals surface area (Å²) in [5.74, 6) is 0. The van der Waals surface area contributed by atoms with Crippen LogP contribution in [0, 0.1) is 0 Å². The Labute approximate surface area is 122 Å². The topological polar surface area (TPSA) is 0 Å². The molecular weight excluding hydrogens is 403 g/mol. The first-order chi connectivity index (χ1) is 7.08. The van der Waals surface area contributed by atoms with Gasteiger partial charge in [0.1, 0.15) is 0 Å². The van der Waals surface area contributed by atoms with Gasteiger partial charge < -0.3 is 0 Å². The number of hydrogen-bond acceptors (Lipinski definition) is 2. The number of thiophene rings is 2. The third-order valence-electron chi connectivity index (χ3n) is 1.84. The molecule has 0 nitrogen and oxygen atoms in total. The molecule has 1 unspecified atom stereocenters. The van der Waals surface area contributed by atoms with E-state index in [0.29, 0.717) is 4.34 Å². The van der Waals surface area contributed by atoms with E-state index >= 15 is 0 Å². The lowest BCUT2D eigenvalue weighted by atomic mass is 10.1. The molecule has 0 aromatic carbocycles. The molecule has 0 N–H and O–H groups in total. The summed E-state index contributed by atoms with van der Waals surface area (Å²) in [5, 5.41) is 2.09. The van der Waals surface area contributed by atoms with Gasteiger partial charge in [-0.05, 0) is 39.0 Å². The summed E-state index contributed by atoms with van der Waals surface area (Å²) in [6.07, 6.45) is 0. The normalized spacial score (nSPS) is 13.1. The van der Waals surface area contributed by atoms with Crippen molar-refractivity contribution in [1.82, 2.24) is 0 Å². The van der Waals surface area contributed by atoms with Crippen molar-refractivity contribution in [2.45, 2.75) is 4.83 Å². The molecule has 0 aliphatic rings. The maximum atomic E-state index is 6.09. The van der Waals surface area contributed by atoms with Gasteiger partial charge in [-0.15, -0.1) is 22.7 Å². The molecule has 0 saturated heterocycles. The number of rotatable bonds is 2. The van der Waals surface area contributed by atoms with E-state index in [0.717, 1.165) is 13.7 Å². The maximum absolute atomic E-state index is 6.09. The van der Waals surface area contributed by atoms with Gasteiger partial charge in [-0.2, -0.15) is 0 Å². The zero-order chi connectivity index (χ0) is 11.0. The Hall–Kier alpha value is 0.940. The van der Waals surface area contributed by atoms with E-state index < -0.39 is 0 Å². The van der Waals surface area contributed by atoms with Crippen molar-refractivity contribution in [1.29, 1.82) is 0 Å². The molecule has 2 aromatic heterocycles. The average molecular weight is 407 g/mol. The minimum absolute atomic E-state index is 0.108. The van der Waals surface area contributed by atoms with E-state index in [2.05, 4.69) is 43.3 Å². The molecule has 2 heterocycles.